The van der Waals surface area contributed by atoms with Gasteiger partial charge in [0.15, 0.2) is 0 Å². The van der Waals surface area contributed by atoms with Gasteiger partial charge in [-0.2, -0.15) is 0 Å². The topological polar surface area (TPSA) is 29.1 Å². The summed E-state index contributed by atoms with van der Waals surface area (Å²) in [5.41, 5.74) is 0.930. The molecule has 0 spiro atoms. The van der Waals surface area contributed by atoms with E-state index in [0.29, 0.717) is 0 Å². The number of carbonyl (C=O) groups excluding carboxylic acids is 1. The molecule has 1 unspecified atom stereocenters. The fourth-order valence-corrected chi connectivity index (χ4v) is 2.57. The first-order valence-electron chi connectivity index (χ1n) is 5.90. The van der Waals surface area contributed by atoms with E-state index in [4.69, 9.17) is 0 Å². The number of hydrogen-bond donors (Lipinski definition) is 1. The summed E-state index contributed by atoms with van der Waals surface area (Å²) < 4.78 is 0. The maximum absolute atomic E-state index is 12.1. The molecule has 0 aromatic heterocycles. The lowest BCUT2D eigenvalue weighted by Crippen LogP contribution is -2.23. The van der Waals surface area contributed by atoms with E-state index in [1.54, 1.807) is 11.8 Å². The fraction of sp³-hybridized carbons (Fsp3) is 0.357. The van der Waals surface area contributed by atoms with Crippen LogP contribution in [0.3, 0.4) is 0 Å². The molecule has 1 aromatic rings. The van der Waals surface area contributed by atoms with Crippen LogP contribution >= 0.6 is 11.8 Å². The number of hydrogen-bond acceptors (Lipinski definition) is 2. The standard InChI is InChI=1S/C14H17NOS/c1-17-13-10-6-5-9-12(13)15-14(16)11-7-3-2-4-8-11/h2-3,5-6,9-11H,4,7-8H2,1H3,(H,15,16). The normalized spacial score (nSPS) is 19.0. The Balaban J connectivity index is 2.04. The molecule has 1 N–H and O–H groups in total. The molecule has 1 amide bonds. The predicted octanol–water partition coefficient (Wildman–Crippen LogP) is 3.70. The molecule has 0 fully saturated rings. The second kappa shape index (κ2) is 5.92. The van der Waals surface area contributed by atoms with Gasteiger partial charge in [-0.3, -0.25) is 4.79 Å². The van der Waals surface area contributed by atoms with Gasteiger partial charge < -0.3 is 5.32 Å². The van der Waals surface area contributed by atoms with Crippen LogP contribution in [-0.4, -0.2) is 12.2 Å². The van der Waals surface area contributed by atoms with Gasteiger partial charge in [0.2, 0.25) is 5.91 Å². The molecule has 0 heterocycles. The zero-order chi connectivity index (χ0) is 12.1. The molecule has 90 valence electrons. The van der Waals surface area contributed by atoms with E-state index in [9.17, 15) is 4.79 Å². The van der Waals surface area contributed by atoms with Gasteiger partial charge in [0.1, 0.15) is 0 Å². The Hall–Kier alpha value is -1.22. The van der Waals surface area contributed by atoms with Crippen LogP contribution in [0.5, 0.6) is 0 Å². The molecule has 17 heavy (non-hydrogen) atoms. The number of thioether (sulfide) groups is 1. The minimum absolute atomic E-state index is 0.134. The molecular formula is C14H17NOS. The number of nitrogens with one attached hydrogen (secondary N) is 1. The first-order valence-corrected chi connectivity index (χ1v) is 7.12. The summed E-state index contributed by atoms with van der Waals surface area (Å²) in [5.74, 6) is 0.283. The van der Waals surface area contributed by atoms with Gasteiger partial charge >= 0.3 is 0 Å². The van der Waals surface area contributed by atoms with Crippen molar-refractivity contribution in [1.82, 2.24) is 0 Å². The number of amides is 1. The third kappa shape index (κ3) is 3.13. The number of benzene rings is 1. The van der Waals surface area contributed by atoms with Crippen molar-refractivity contribution in [3.05, 3.63) is 36.4 Å². The summed E-state index contributed by atoms with van der Waals surface area (Å²) in [6.45, 7) is 0. The average Bonchev–Trinajstić information content (AvgIpc) is 2.40. The van der Waals surface area contributed by atoms with Crippen molar-refractivity contribution in [2.24, 2.45) is 5.92 Å². The summed E-state index contributed by atoms with van der Waals surface area (Å²) in [4.78, 5) is 13.2. The average molecular weight is 247 g/mol. The molecule has 1 atom stereocenters. The van der Waals surface area contributed by atoms with Gasteiger partial charge in [-0.15, -0.1) is 11.8 Å². The summed E-state index contributed by atoms with van der Waals surface area (Å²) in [7, 11) is 0. The van der Waals surface area contributed by atoms with Gasteiger partial charge in [-0.25, -0.2) is 0 Å². The van der Waals surface area contributed by atoms with Crippen molar-refractivity contribution in [3.8, 4) is 0 Å². The van der Waals surface area contributed by atoms with Crippen LogP contribution in [0.25, 0.3) is 0 Å². The number of carbonyl (C=O) groups is 1. The van der Waals surface area contributed by atoms with Crippen molar-refractivity contribution in [2.75, 3.05) is 11.6 Å². The zero-order valence-corrected chi connectivity index (χ0v) is 10.8. The van der Waals surface area contributed by atoms with Crippen LogP contribution in [-0.2, 0) is 4.79 Å². The van der Waals surface area contributed by atoms with Crippen molar-refractivity contribution in [3.63, 3.8) is 0 Å². The molecule has 1 aliphatic rings. The third-order valence-electron chi connectivity index (χ3n) is 3.00. The van der Waals surface area contributed by atoms with Crippen molar-refractivity contribution in [1.29, 1.82) is 0 Å². The lowest BCUT2D eigenvalue weighted by Gasteiger charge is -2.18. The molecule has 0 bridgehead atoms. The molecule has 2 nitrogen and oxygen atoms in total. The quantitative estimate of drug-likeness (QED) is 0.651. The number of para-hydroxylation sites is 1. The molecule has 1 aromatic carbocycles. The van der Waals surface area contributed by atoms with Gasteiger partial charge in [0.05, 0.1) is 5.69 Å². The predicted molar refractivity (Wildman–Crippen MR) is 73.3 cm³/mol. The minimum Gasteiger partial charge on any atom is -0.325 e. The number of anilines is 1. The first-order chi connectivity index (χ1) is 8.31. The molecule has 0 saturated heterocycles. The highest BCUT2D eigenvalue weighted by Crippen LogP contribution is 2.26. The lowest BCUT2D eigenvalue weighted by atomic mass is 9.93. The van der Waals surface area contributed by atoms with Crippen LogP contribution in [0, 0.1) is 5.92 Å². The molecule has 2 rings (SSSR count). The second-order valence-corrected chi connectivity index (χ2v) is 5.02. The highest BCUT2D eigenvalue weighted by Gasteiger charge is 2.19. The molecule has 1 aliphatic carbocycles. The molecular weight excluding hydrogens is 230 g/mol. The third-order valence-corrected chi connectivity index (χ3v) is 3.80. The Bertz CT molecular complexity index is 428. The maximum atomic E-state index is 12.1. The van der Waals surface area contributed by atoms with E-state index < -0.39 is 0 Å². The van der Waals surface area contributed by atoms with E-state index >= 15 is 0 Å². The van der Waals surface area contributed by atoms with Crippen LogP contribution in [0.15, 0.2) is 41.3 Å². The van der Waals surface area contributed by atoms with Gasteiger partial charge in [0, 0.05) is 10.8 Å². The molecule has 0 radical (unpaired) electrons. The van der Waals surface area contributed by atoms with Crippen molar-refractivity contribution < 1.29 is 4.79 Å². The van der Waals surface area contributed by atoms with E-state index in [1.807, 2.05) is 30.5 Å². The Labute approximate surface area is 106 Å². The second-order valence-electron chi connectivity index (χ2n) is 4.17. The zero-order valence-electron chi connectivity index (χ0n) is 9.98. The first kappa shape index (κ1) is 12.2. The number of allylic oxidation sites excluding steroid dienone is 2. The summed E-state index contributed by atoms with van der Waals surface area (Å²) in [6.07, 6.45) is 9.13. The number of rotatable bonds is 3. The summed E-state index contributed by atoms with van der Waals surface area (Å²) in [5, 5.41) is 3.04. The highest BCUT2D eigenvalue weighted by molar-refractivity contribution is 7.98. The summed E-state index contributed by atoms with van der Waals surface area (Å²) >= 11 is 1.66. The molecule has 3 heteroatoms. The van der Waals surface area contributed by atoms with E-state index in [1.165, 1.54) is 0 Å². The van der Waals surface area contributed by atoms with Gasteiger partial charge in [0.25, 0.3) is 0 Å². The van der Waals surface area contributed by atoms with Crippen molar-refractivity contribution in [2.45, 2.75) is 24.2 Å². The minimum atomic E-state index is 0.134. The Morgan fingerprint density at radius 3 is 2.88 bits per heavy atom. The Kier molecular flexibility index (Phi) is 4.26. The van der Waals surface area contributed by atoms with E-state index in [2.05, 4.69) is 17.5 Å². The van der Waals surface area contributed by atoms with E-state index in [-0.39, 0.29) is 11.8 Å². The maximum Gasteiger partial charge on any atom is 0.227 e. The van der Waals surface area contributed by atoms with Crippen LogP contribution in [0.1, 0.15) is 19.3 Å². The highest BCUT2D eigenvalue weighted by atomic mass is 32.2. The monoisotopic (exact) mass is 247 g/mol. The van der Waals surface area contributed by atoms with Gasteiger partial charge in [-0.05, 0) is 37.7 Å². The van der Waals surface area contributed by atoms with Gasteiger partial charge in [-0.1, -0.05) is 24.3 Å². The lowest BCUT2D eigenvalue weighted by molar-refractivity contribution is -0.120. The molecule has 0 aliphatic heterocycles. The Morgan fingerprint density at radius 2 is 2.18 bits per heavy atom. The Morgan fingerprint density at radius 1 is 1.35 bits per heavy atom. The van der Waals surface area contributed by atoms with E-state index in [0.717, 1.165) is 29.8 Å². The largest absolute Gasteiger partial charge is 0.325 e. The fourth-order valence-electron chi connectivity index (χ4n) is 2.01. The SMILES string of the molecule is CSc1ccccc1NC(=O)C1CC=CCC1. The van der Waals surface area contributed by atoms with Crippen LogP contribution in [0.2, 0.25) is 0 Å². The van der Waals surface area contributed by atoms with Crippen molar-refractivity contribution >= 4 is 23.4 Å². The smallest absolute Gasteiger partial charge is 0.227 e. The molecule has 0 saturated carbocycles. The van der Waals surface area contributed by atoms with Crippen LogP contribution < -0.4 is 5.32 Å². The summed E-state index contributed by atoms with van der Waals surface area (Å²) in [6, 6.07) is 7.93. The van der Waals surface area contributed by atoms with Crippen LogP contribution in [0.4, 0.5) is 5.69 Å².